The molecule has 1 fully saturated rings. The number of carbonyl (C=O) groups is 1. The number of ether oxygens (including phenoxy) is 1. The Bertz CT molecular complexity index is 1000. The molecule has 4 rings (SSSR count). The lowest BCUT2D eigenvalue weighted by Crippen LogP contribution is -2.35. The van der Waals surface area contributed by atoms with Gasteiger partial charge in [0.25, 0.3) is 0 Å². The van der Waals surface area contributed by atoms with Crippen molar-refractivity contribution in [1.29, 1.82) is 0 Å². The van der Waals surface area contributed by atoms with E-state index in [-0.39, 0.29) is 22.3 Å². The molecule has 1 aliphatic heterocycles. The minimum Gasteiger partial charge on any atom is -0.357 e. The molecule has 0 saturated carbocycles. The van der Waals surface area contributed by atoms with Crippen molar-refractivity contribution in [2.45, 2.75) is 31.6 Å². The maximum atomic E-state index is 12.4. The Morgan fingerprint density at radius 3 is 2.70 bits per heavy atom. The number of likely N-dealkylation sites (N-methyl/N-ethyl adjacent to an activating group) is 1. The number of hydrogen-bond donors (Lipinski definition) is 1. The molecule has 3 atom stereocenters. The fourth-order valence-electron chi connectivity index (χ4n) is 3.42. The summed E-state index contributed by atoms with van der Waals surface area (Å²) in [6, 6.07) is 8.12. The zero-order valence-electron chi connectivity index (χ0n) is 14.7. The van der Waals surface area contributed by atoms with E-state index in [1.807, 2.05) is 31.2 Å². The van der Waals surface area contributed by atoms with Crippen LogP contribution in [0.5, 0.6) is 0 Å². The van der Waals surface area contributed by atoms with Crippen LogP contribution in [0.4, 0.5) is 0 Å². The molecule has 1 saturated heterocycles. The van der Waals surface area contributed by atoms with Crippen LogP contribution >= 0.6 is 23.2 Å². The van der Waals surface area contributed by atoms with E-state index in [1.54, 1.807) is 17.9 Å². The summed E-state index contributed by atoms with van der Waals surface area (Å²) in [5.41, 5.74) is 3.13. The Kier molecular flexibility index (Phi) is 4.75. The second-order valence-corrected chi connectivity index (χ2v) is 7.18. The number of nitrogens with zero attached hydrogens (tertiary/aromatic N) is 4. The van der Waals surface area contributed by atoms with Crippen LogP contribution in [0, 0.1) is 6.92 Å². The normalized spacial score (nSPS) is 22.3. The summed E-state index contributed by atoms with van der Waals surface area (Å²) in [6.45, 7) is 2.03. The van der Waals surface area contributed by atoms with Gasteiger partial charge < -0.3 is 10.1 Å². The molecule has 0 bridgehead atoms. The maximum absolute atomic E-state index is 12.4. The second kappa shape index (κ2) is 7.07. The first-order valence-corrected chi connectivity index (χ1v) is 9.22. The summed E-state index contributed by atoms with van der Waals surface area (Å²) in [4.78, 5) is 24.8. The fourth-order valence-corrected chi connectivity index (χ4v) is 3.84. The highest BCUT2D eigenvalue weighted by molar-refractivity contribution is 6.35. The number of fused-ring (bicyclic) bond motifs is 1. The molecule has 2 aromatic heterocycles. The predicted molar refractivity (Wildman–Crippen MR) is 102 cm³/mol. The van der Waals surface area contributed by atoms with E-state index in [4.69, 9.17) is 27.9 Å². The zero-order chi connectivity index (χ0) is 19.1. The molecule has 7 nitrogen and oxygen atoms in total. The van der Waals surface area contributed by atoms with Crippen LogP contribution < -0.4 is 5.32 Å². The van der Waals surface area contributed by atoms with Crippen molar-refractivity contribution in [3.8, 4) is 0 Å². The van der Waals surface area contributed by atoms with Crippen LogP contribution in [-0.4, -0.2) is 38.6 Å². The molecule has 0 radical (unpaired) electrons. The second-order valence-electron chi connectivity index (χ2n) is 6.49. The topological polar surface area (TPSA) is 81.9 Å². The molecular formula is C18H17Cl2N5O2. The lowest BCUT2D eigenvalue weighted by Gasteiger charge is -2.17. The number of hydrogen-bond acceptors (Lipinski definition) is 5. The molecular weight excluding hydrogens is 389 g/mol. The van der Waals surface area contributed by atoms with Gasteiger partial charge in [0.05, 0.1) is 6.33 Å². The van der Waals surface area contributed by atoms with Gasteiger partial charge in [-0.2, -0.15) is 4.98 Å². The van der Waals surface area contributed by atoms with Gasteiger partial charge in [-0.05, 0) is 24.1 Å². The molecule has 1 aliphatic rings. The Morgan fingerprint density at radius 1 is 1.26 bits per heavy atom. The van der Waals surface area contributed by atoms with E-state index >= 15 is 0 Å². The lowest BCUT2D eigenvalue weighted by atomic mass is 9.91. The first-order chi connectivity index (χ1) is 13.0. The number of aromatic nitrogens is 4. The maximum Gasteiger partial charge on any atom is 0.249 e. The standard InChI is InChI=1S/C18H17Cl2N5O2/c1-9-3-5-10(6-4-9)11-7-12(27-14(11)17(26)21-2)25-8-22-13-15(19)23-18(20)24-16(13)25/h3-6,8,11-12,14H,7H2,1-2H3,(H,21,26)/t11-,12+,14+/m1/s1. The smallest absolute Gasteiger partial charge is 0.249 e. The molecule has 3 heterocycles. The number of imidazole rings is 1. The summed E-state index contributed by atoms with van der Waals surface area (Å²) < 4.78 is 7.86. The Morgan fingerprint density at radius 2 is 2.00 bits per heavy atom. The summed E-state index contributed by atoms with van der Waals surface area (Å²) in [7, 11) is 1.60. The van der Waals surface area contributed by atoms with E-state index in [1.165, 1.54) is 0 Å². The van der Waals surface area contributed by atoms with Crippen molar-refractivity contribution in [1.82, 2.24) is 24.8 Å². The number of carbonyl (C=O) groups excluding carboxylic acids is 1. The third-order valence-electron chi connectivity index (χ3n) is 4.80. The van der Waals surface area contributed by atoms with Gasteiger partial charge in [-0.3, -0.25) is 9.36 Å². The zero-order valence-corrected chi connectivity index (χ0v) is 16.2. The molecule has 0 spiro atoms. The van der Waals surface area contributed by atoms with Crippen molar-refractivity contribution in [3.63, 3.8) is 0 Å². The van der Waals surface area contributed by atoms with Crippen LogP contribution in [0.2, 0.25) is 10.4 Å². The number of benzene rings is 1. The summed E-state index contributed by atoms with van der Waals surface area (Å²) in [6.07, 6.45) is 1.13. The van der Waals surface area contributed by atoms with Crippen molar-refractivity contribution in [2.75, 3.05) is 7.05 Å². The summed E-state index contributed by atoms with van der Waals surface area (Å²) in [5, 5.41) is 2.90. The monoisotopic (exact) mass is 405 g/mol. The first kappa shape index (κ1) is 18.2. The Labute approximate surface area is 165 Å². The molecule has 3 aromatic rings. The predicted octanol–water partition coefficient (Wildman–Crippen LogP) is 3.26. The molecule has 1 amide bonds. The molecule has 27 heavy (non-hydrogen) atoms. The number of amides is 1. The highest BCUT2D eigenvalue weighted by Gasteiger charge is 2.41. The highest BCUT2D eigenvalue weighted by Crippen LogP contribution is 2.41. The van der Waals surface area contributed by atoms with Crippen molar-refractivity contribution >= 4 is 40.3 Å². The summed E-state index contributed by atoms with van der Waals surface area (Å²) >= 11 is 12.1. The molecule has 0 unspecified atom stereocenters. The van der Waals surface area contributed by atoms with Crippen LogP contribution in [0.3, 0.4) is 0 Å². The average Bonchev–Trinajstić information content (AvgIpc) is 3.26. The van der Waals surface area contributed by atoms with E-state index < -0.39 is 12.3 Å². The van der Waals surface area contributed by atoms with Crippen LogP contribution in [0.25, 0.3) is 11.2 Å². The average molecular weight is 406 g/mol. The third kappa shape index (κ3) is 3.26. The van der Waals surface area contributed by atoms with Crippen LogP contribution in [-0.2, 0) is 9.53 Å². The Balaban J connectivity index is 1.73. The minimum absolute atomic E-state index is 0.0326. The number of aryl methyl sites for hydroxylation is 1. The van der Waals surface area contributed by atoms with Gasteiger partial charge in [0.2, 0.25) is 11.2 Å². The van der Waals surface area contributed by atoms with Gasteiger partial charge in [0.1, 0.15) is 17.8 Å². The minimum atomic E-state index is -0.618. The third-order valence-corrected chi connectivity index (χ3v) is 5.23. The Hall–Kier alpha value is -2.22. The fraction of sp³-hybridized carbons (Fsp3) is 0.333. The summed E-state index contributed by atoms with van der Waals surface area (Å²) in [5.74, 6) is -0.265. The number of rotatable bonds is 3. The van der Waals surface area contributed by atoms with Gasteiger partial charge >= 0.3 is 0 Å². The van der Waals surface area contributed by atoms with E-state index in [0.29, 0.717) is 17.6 Å². The number of nitrogens with one attached hydrogen (secondary N) is 1. The van der Waals surface area contributed by atoms with E-state index in [0.717, 1.165) is 11.1 Å². The molecule has 9 heteroatoms. The molecule has 1 N–H and O–H groups in total. The van der Waals surface area contributed by atoms with Crippen LogP contribution in [0.1, 0.15) is 29.7 Å². The van der Waals surface area contributed by atoms with Gasteiger partial charge in [-0.1, -0.05) is 41.4 Å². The largest absolute Gasteiger partial charge is 0.357 e. The van der Waals surface area contributed by atoms with Crippen molar-refractivity contribution in [2.24, 2.45) is 0 Å². The van der Waals surface area contributed by atoms with E-state index in [9.17, 15) is 4.79 Å². The molecule has 140 valence electrons. The molecule has 0 aliphatic carbocycles. The van der Waals surface area contributed by atoms with Gasteiger partial charge in [0.15, 0.2) is 10.8 Å². The SMILES string of the molecule is CNC(=O)[C@H]1O[C@H](n2cnc3c(Cl)nc(Cl)nc32)C[C@@H]1c1ccc(C)cc1. The van der Waals surface area contributed by atoms with Gasteiger partial charge in [-0.25, -0.2) is 9.97 Å². The van der Waals surface area contributed by atoms with Crippen molar-refractivity contribution < 1.29 is 9.53 Å². The van der Waals surface area contributed by atoms with Gasteiger partial charge in [-0.15, -0.1) is 0 Å². The quantitative estimate of drug-likeness (QED) is 0.534. The van der Waals surface area contributed by atoms with E-state index in [2.05, 4.69) is 20.3 Å². The van der Waals surface area contributed by atoms with Crippen molar-refractivity contribution in [3.05, 3.63) is 52.2 Å². The first-order valence-electron chi connectivity index (χ1n) is 8.47. The highest BCUT2D eigenvalue weighted by atomic mass is 35.5. The lowest BCUT2D eigenvalue weighted by molar-refractivity contribution is -0.134. The van der Waals surface area contributed by atoms with Crippen LogP contribution in [0.15, 0.2) is 30.6 Å². The van der Waals surface area contributed by atoms with Gasteiger partial charge in [0, 0.05) is 19.4 Å². The number of halogens is 2. The molecule has 1 aromatic carbocycles.